The molecule has 0 radical (unpaired) electrons. The van der Waals surface area contributed by atoms with Gasteiger partial charge in [-0.1, -0.05) is 32.1 Å². The molecule has 0 atom stereocenters. The van der Waals surface area contributed by atoms with Crippen LogP contribution in [0.4, 0.5) is 0 Å². The van der Waals surface area contributed by atoms with Crippen LogP contribution in [-0.2, 0) is 0 Å². The zero-order valence-corrected chi connectivity index (χ0v) is 12.9. The number of amides is 1. The van der Waals surface area contributed by atoms with Crippen molar-refractivity contribution in [3.05, 3.63) is 19.9 Å². The summed E-state index contributed by atoms with van der Waals surface area (Å²) in [5.74, 6) is 0.106. The lowest BCUT2D eigenvalue weighted by Crippen LogP contribution is -2.35. The zero-order chi connectivity index (χ0) is 12.1. The lowest BCUT2D eigenvalue weighted by atomic mass is 9.96. The van der Waals surface area contributed by atoms with Gasteiger partial charge in [0.15, 0.2) is 0 Å². The van der Waals surface area contributed by atoms with Crippen molar-refractivity contribution in [1.82, 2.24) is 5.32 Å². The third kappa shape index (κ3) is 4.25. The number of rotatable bonds is 2. The largest absolute Gasteiger partial charge is 0.349 e. The number of carbonyl (C=O) groups excluding carboxylic acids is 1. The van der Waals surface area contributed by atoms with E-state index in [1.165, 1.54) is 35.0 Å². The lowest BCUT2D eigenvalue weighted by Gasteiger charge is -2.20. The summed E-state index contributed by atoms with van der Waals surface area (Å²) in [5, 5.41) is 5.13. The van der Waals surface area contributed by atoms with E-state index in [0.717, 1.165) is 18.4 Å². The molecule has 94 valence electrons. The second-order valence-corrected chi connectivity index (χ2v) is 7.46. The van der Waals surface area contributed by atoms with Gasteiger partial charge in [0.25, 0.3) is 5.91 Å². The summed E-state index contributed by atoms with van der Waals surface area (Å²) < 4.78 is 1.17. The van der Waals surface area contributed by atoms with Crippen LogP contribution in [0, 0.1) is 2.88 Å². The van der Waals surface area contributed by atoms with E-state index in [4.69, 9.17) is 0 Å². The van der Waals surface area contributed by atoms with E-state index >= 15 is 0 Å². The number of thiophene rings is 1. The van der Waals surface area contributed by atoms with Crippen LogP contribution >= 0.6 is 33.9 Å². The molecule has 1 fully saturated rings. The molecule has 0 aliphatic heterocycles. The van der Waals surface area contributed by atoms with Gasteiger partial charge in [0.05, 0.1) is 8.45 Å². The Hall–Kier alpha value is -0.100. The van der Waals surface area contributed by atoms with Gasteiger partial charge >= 0.3 is 0 Å². The number of halogens is 1. The molecule has 0 unspecified atom stereocenters. The third-order valence-electron chi connectivity index (χ3n) is 3.27. The first kappa shape index (κ1) is 13.3. The first-order chi connectivity index (χ1) is 8.25. The van der Waals surface area contributed by atoms with Crippen molar-refractivity contribution in [3.63, 3.8) is 0 Å². The highest BCUT2D eigenvalue weighted by molar-refractivity contribution is 14.1. The van der Waals surface area contributed by atoms with Gasteiger partial charge < -0.3 is 5.32 Å². The first-order valence-electron chi connectivity index (χ1n) is 6.30. The van der Waals surface area contributed by atoms with Gasteiger partial charge in [0.2, 0.25) is 0 Å². The van der Waals surface area contributed by atoms with Crippen LogP contribution in [0.5, 0.6) is 0 Å². The maximum atomic E-state index is 12.0. The van der Waals surface area contributed by atoms with E-state index in [9.17, 15) is 4.79 Å². The molecule has 1 aliphatic rings. The fraction of sp³-hybridized carbons (Fsp3) is 0.615. The van der Waals surface area contributed by atoms with E-state index in [1.54, 1.807) is 11.3 Å². The minimum absolute atomic E-state index is 0.106. The summed E-state index contributed by atoms with van der Waals surface area (Å²) in [4.78, 5) is 12.0. The minimum atomic E-state index is 0.106. The second kappa shape index (κ2) is 6.73. The highest BCUT2D eigenvalue weighted by Gasteiger charge is 2.15. The summed E-state index contributed by atoms with van der Waals surface area (Å²) >= 11 is 3.88. The van der Waals surface area contributed by atoms with Crippen molar-refractivity contribution >= 4 is 39.8 Å². The van der Waals surface area contributed by atoms with Crippen LogP contribution < -0.4 is 5.32 Å². The quantitative estimate of drug-likeness (QED) is 0.785. The topological polar surface area (TPSA) is 29.1 Å². The molecule has 2 nitrogen and oxygen atoms in total. The SMILES string of the molecule is O=C(NC1CCCCCCC1)c1csc(I)c1. The molecule has 17 heavy (non-hydrogen) atoms. The standard InChI is InChI=1S/C13H18INOS/c14-12-8-10(9-17-12)13(16)15-11-6-4-2-1-3-5-7-11/h8-9,11H,1-7H2,(H,15,16). The van der Waals surface area contributed by atoms with Crippen molar-refractivity contribution in [3.8, 4) is 0 Å². The molecular weight excluding hydrogens is 345 g/mol. The van der Waals surface area contributed by atoms with Crippen LogP contribution in [0.2, 0.25) is 0 Å². The molecule has 1 aromatic rings. The molecule has 1 heterocycles. The summed E-state index contributed by atoms with van der Waals surface area (Å²) in [6.45, 7) is 0. The highest BCUT2D eigenvalue weighted by Crippen LogP contribution is 2.19. The number of nitrogens with one attached hydrogen (secondary N) is 1. The molecule has 2 rings (SSSR count). The van der Waals surface area contributed by atoms with E-state index in [1.807, 2.05) is 11.4 Å². The zero-order valence-electron chi connectivity index (χ0n) is 9.88. The van der Waals surface area contributed by atoms with Gasteiger partial charge in [-0.05, 0) is 41.5 Å². The normalized spacial score (nSPS) is 18.4. The molecule has 1 saturated carbocycles. The lowest BCUT2D eigenvalue weighted by molar-refractivity contribution is 0.0931. The Labute approximate surface area is 120 Å². The second-order valence-electron chi connectivity index (χ2n) is 4.65. The van der Waals surface area contributed by atoms with E-state index < -0.39 is 0 Å². The van der Waals surface area contributed by atoms with Crippen molar-refractivity contribution in [2.45, 2.75) is 51.0 Å². The molecule has 1 amide bonds. The Balaban J connectivity index is 1.88. The van der Waals surface area contributed by atoms with Gasteiger partial charge in [0.1, 0.15) is 0 Å². The van der Waals surface area contributed by atoms with Gasteiger partial charge in [-0.2, -0.15) is 0 Å². The molecular formula is C13H18INOS. The summed E-state index contributed by atoms with van der Waals surface area (Å²) in [5.41, 5.74) is 0.821. The van der Waals surface area contributed by atoms with Crippen LogP contribution in [0.3, 0.4) is 0 Å². The highest BCUT2D eigenvalue weighted by atomic mass is 127. The van der Waals surface area contributed by atoms with Crippen LogP contribution in [0.1, 0.15) is 55.3 Å². The molecule has 1 N–H and O–H groups in total. The summed E-state index contributed by atoms with van der Waals surface area (Å²) in [6.07, 6.45) is 8.81. The fourth-order valence-electron chi connectivity index (χ4n) is 2.30. The van der Waals surface area contributed by atoms with Crippen LogP contribution in [-0.4, -0.2) is 11.9 Å². The Morgan fingerprint density at radius 1 is 1.24 bits per heavy atom. The van der Waals surface area contributed by atoms with Crippen molar-refractivity contribution in [2.24, 2.45) is 0 Å². The third-order valence-corrected chi connectivity index (χ3v) is 5.06. The maximum absolute atomic E-state index is 12.0. The number of hydrogen-bond donors (Lipinski definition) is 1. The molecule has 0 bridgehead atoms. The molecule has 0 spiro atoms. The smallest absolute Gasteiger partial charge is 0.252 e. The Bertz CT molecular complexity index is 369. The average Bonchev–Trinajstić information content (AvgIpc) is 2.68. The molecule has 1 aromatic heterocycles. The van der Waals surface area contributed by atoms with Gasteiger partial charge in [-0.3, -0.25) is 4.79 Å². The molecule has 0 aromatic carbocycles. The van der Waals surface area contributed by atoms with E-state index in [2.05, 4.69) is 27.9 Å². The molecule has 1 aliphatic carbocycles. The Morgan fingerprint density at radius 3 is 2.47 bits per heavy atom. The first-order valence-corrected chi connectivity index (χ1v) is 8.26. The molecule has 4 heteroatoms. The van der Waals surface area contributed by atoms with Gasteiger partial charge in [-0.15, -0.1) is 11.3 Å². The average molecular weight is 363 g/mol. The van der Waals surface area contributed by atoms with Crippen molar-refractivity contribution in [1.29, 1.82) is 0 Å². The van der Waals surface area contributed by atoms with Gasteiger partial charge in [-0.25, -0.2) is 0 Å². The van der Waals surface area contributed by atoms with E-state index in [0.29, 0.717) is 6.04 Å². The summed E-state index contributed by atoms with van der Waals surface area (Å²) in [6, 6.07) is 2.35. The van der Waals surface area contributed by atoms with Crippen LogP contribution in [0.15, 0.2) is 11.4 Å². The van der Waals surface area contributed by atoms with Crippen LogP contribution in [0.25, 0.3) is 0 Å². The van der Waals surface area contributed by atoms with E-state index in [-0.39, 0.29) is 5.91 Å². The molecule has 0 saturated heterocycles. The number of carbonyl (C=O) groups is 1. The Kier molecular flexibility index (Phi) is 5.28. The van der Waals surface area contributed by atoms with Crippen molar-refractivity contribution in [2.75, 3.05) is 0 Å². The monoisotopic (exact) mass is 363 g/mol. The Morgan fingerprint density at radius 2 is 1.88 bits per heavy atom. The van der Waals surface area contributed by atoms with Crippen molar-refractivity contribution < 1.29 is 4.79 Å². The summed E-state index contributed by atoms with van der Waals surface area (Å²) in [7, 11) is 0. The maximum Gasteiger partial charge on any atom is 0.252 e. The number of hydrogen-bond acceptors (Lipinski definition) is 2. The predicted octanol–water partition coefficient (Wildman–Crippen LogP) is 4.20. The predicted molar refractivity (Wildman–Crippen MR) is 80.6 cm³/mol. The minimum Gasteiger partial charge on any atom is -0.349 e. The van der Waals surface area contributed by atoms with Gasteiger partial charge in [0, 0.05) is 11.4 Å². The fourth-order valence-corrected chi connectivity index (χ4v) is 3.62.